The van der Waals surface area contributed by atoms with Gasteiger partial charge in [0.15, 0.2) is 0 Å². The molecule has 2 aromatic rings. The molecular formula is C18H20FNO3. The van der Waals surface area contributed by atoms with Gasteiger partial charge >= 0.3 is 0 Å². The number of aliphatic hydroxyl groups excluding tert-OH is 1. The molecule has 2 rings (SSSR count). The minimum atomic E-state index is -0.894. The first-order valence-corrected chi connectivity index (χ1v) is 7.47. The van der Waals surface area contributed by atoms with Crippen molar-refractivity contribution >= 4 is 5.91 Å². The fourth-order valence-electron chi connectivity index (χ4n) is 2.13. The van der Waals surface area contributed by atoms with Crippen molar-refractivity contribution in [3.63, 3.8) is 0 Å². The van der Waals surface area contributed by atoms with Gasteiger partial charge in [-0.1, -0.05) is 30.3 Å². The van der Waals surface area contributed by atoms with E-state index in [2.05, 4.69) is 5.32 Å². The zero-order valence-electron chi connectivity index (χ0n) is 12.9. The molecule has 0 spiro atoms. The van der Waals surface area contributed by atoms with Crippen LogP contribution in [0.1, 0.15) is 25.0 Å². The van der Waals surface area contributed by atoms with Gasteiger partial charge in [0, 0.05) is 0 Å². The Morgan fingerprint density at radius 3 is 2.48 bits per heavy atom. The molecule has 2 atom stereocenters. The molecule has 0 aliphatic heterocycles. The van der Waals surface area contributed by atoms with Gasteiger partial charge < -0.3 is 15.2 Å². The molecule has 4 nitrogen and oxygen atoms in total. The molecule has 0 aliphatic carbocycles. The quantitative estimate of drug-likeness (QED) is 0.825. The Balaban J connectivity index is 1.76. The normalized spacial score (nSPS) is 13.2. The third-order valence-corrected chi connectivity index (χ3v) is 3.41. The number of carbonyl (C=O) groups is 1. The number of hydrogen-bond donors (Lipinski definition) is 2. The Morgan fingerprint density at radius 2 is 1.83 bits per heavy atom. The molecule has 1 amide bonds. The first kappa shape index (κ1) is 17.0. The van der Waals surface area contributed by atoms with Gasteiger partial charge in [-0.2, -0.15) is 0 Å². The van der Waals surface area contributed by atoms with E-state index in [1.165, 1.54) is 24.3 Å². The van der Waals surface area contributed by atoms with E-state index in [9.17, 15) is 14.3 Å². The summed E-state index contributed by atoms with van der Waals surface area (Å²) in [7, 11) is 0. The molecule has 122 valence electrons. The lowest BCUT2D eigenvalue weighted by atomic mass is 10.0. The number of ether oxygens (including phenoxy) is 1. The van der Waals surface area contributed by atoms with Crippen LogP contribution in [-0.2, 0) is 4.79 Å². The summed E-state index contributed by atoms with van der Waals surface area (Å²) in [4.78, 5) is 11.9. The van der Waals surface area contributed by atoms with Crippen LogP contribution in [0.25, 0.3) is 0 Å². The highest BCUT2D eigenvalue weighted by Crippen LogP contribution is 2.17. The van der Waals surface area contributed by atoms with Crippen molar-refractivity contribution in [2.24, 2.45) is 0 Å². The molecule has 0 heterocycles. The predicted molar refractivity (Wildman–Crippen MR) is 85.5 cm³/mol. The second kappa shape index (κ2) is 8.29. The van der Waals surface area contributed by atoms with Crippen molar-refractivity contribution in [1.82, 2.24) is 5.32 Å². The molecule has 2 N–H and O–H groups in total. The Morgan fingerprint density at radius 1 is 1.17 bits per heavy atom. The van der Waals surface area contributed by atoms with Crippen molar-refractivity contribution in [3.05, 3.63) is 66.0 Å². The predicted octanol–water partition coefficient (Wildman–Crippen LogP) is 2.83. The molecule has 5 heteroatoms. The third kappa shape index (κ3) is 5.38. The highest BCUT2D eigenvalue weighted by molar-refractivity contribution is 5.76. The highest BCUT2D eigenvalue weighted by Gasteiger charge is 2.18. The van der Waals surface area contributed by atoms with Crippen LogP contribution >= 0.6 is 0 Å². The van der Waals surface area contributed by atoms with E-state index in [4.69, 9.17) is 4.74 Å². The van der Waals surface area contributed by atoms with Crippen LogP contribution in [-0.4, -0.2) is 23.7 Å². The lowest BCUT2D eigenvalue weighted by molar-refractivity contribution is -0.123. The summed E-state index contributed by atoms with van der Waals surface area (Å²) in [6.07, 6.45) is -0.704. The standard InChI is InChI=1S/C18H20FNO3/c1-13(18(22)14-7-9-15(19)10-8-14)20-17(21)11-12-23-16-5-3-2-4-6-16/h2-10,13,18,22H,11-12H2,1H3,(H,20,21)/t13-,18+/m1/s1. The van der Waals surface area contributed by atoms with Gasteiger partial charge in [0.05, 0.1) is 25.2 Å². The average molecular weight is 317 g/mol. The second-order valence-corrected chi connectivity index (χ2v) is 5.26. The Kier molecular flexibility index (Phi) is 6.11. The first-order chi connectivity index (χ1) is 11.1. The first-order valence-electron chi connectivity index (χ1n) is 7.47. The van der Waals surface area contributed by atoms with E-state index in [0.29, 0.717) is 11.3 Å². The van der Waals surface area contributed by atoms with Crippen LogP contribution in [0.5, 0.6) is 5.75 Å². The van der Waals surface area contributed by atoms with Crippen LogP contribution in [0, 0.1) is 5.82 Å². The van der Waals surface area contributed by atoms with Crippen molar-refractivity contribution in [2.75, 3.05) is 6.61 Å². The number of halogens is 1. The monoisotopic (exact) mass is 317 g/mol. The molecule has 0 saturated carbocycles. The SMILES string of the molecule is C[C@@H](NC(=O)CCOc1ccccc1)[C@H](O)c1ccc(F)cc1. The van der Waals surface area contributed by atoms with E-state index < -0.39 is 12.1 Å². The maximum absolute atomic E-state index is 12.9. The largest absolute Gasteiger partial charge is 0.493 e. The van der Waals surface area contributed by atoms with E-state index in [1.807, 2.05) is 30.3 Å². The van der Waals surface area contributed by atoms with Crippen molar-refractivity contribution < 1.29 is 19.0 Å². The molecular weight excluding hydrogens is 297 g/mol. The Bertz CT molecular complexity index is 616. The van der Waals surface area contributed by atoms with E-state index >= 15 is 0 Å². The minimum absolute atomic E-state index is 0.190. The number of hydrogen-bond acceptors (Lipinski definition) is 3. The number of benzene rings is 2. The molecule has 0 radical (unpaired) electrons. The molecule has 23 heavy (non-hydrogen) atoms. The van der Waals surface area contributed by atoms with Gasteiger partial charge in [-0.05, 0) is 36.8 Å². The lowest BCUT2D eigenvalue weighted by Gasteiger charge is -2.20. The zero-order chi connectivity index (χ0) is 16.7. The summed E-state index contributed by atoms with van der Waals surface area (Å²) in [5.74, 6) is 0.130. The Hall–Kier alpha value is -2.40. The fourth-order valence-corrected chi connectivity index (χ4v) is 2.13. The fraction of sp³-hybridized carbons (Fsp3) is 0.278. The zero-order valence-corrected chi connectivity index (χ0v) is 12.9. The van der Waals surface area contributed by atoms with Crippen molar-refractivity contribution in [2.45, 2.75) is 25.5 Å². The van der Waals surface area contributed by atoms with Gasteiger partial charge in [0.2, 0.25) is 5.91 Å². The maximum atomic E-state index is 12.9. The number of rotatable bonds is 7. The summed E-state index contributed by atoms with van der Waals surface area (Å²) in [6, 6.07) is 14.3. The molecule has 0 saturated heterocycles. The van der Waals surface area contributed by atoms with E-state index in [0.717, 1.165) is 0 Å². The lowest BCUT2D eigenvalue weighted by Crippen LogP contribution is -2.37. The van der Waals surface area contributed by atoms with Crippen molar-refractivity contribution in [1.29, 1.82) is 0 Å². The van der Waals surface area contributed by atoms with Gasteiger partial charge in [-0.3, -0.25) is 4.79 Å². The molecule has 2 aromatic carbocycles. The van der Waals surface area contributed by atoms with Gasteiger partial charge in [-0.25, -0.2) is 4.39 Å². The van der Waals surface area contributed by atoms with Gasteiger partial charge in [0.25, 0.3) is 0 Å². The summed E-state index contributed by atoms with van der Waals surface area (Å²) in [6.45, 7) is 1.96. The van der Waals surface area contributed by atoms with Crippen LogP contribution in [0.4, 0.5) is 4.39 Å². The number of amides is 1. The van der Waals surface area contributed by atoms with Crippen molar-refractivity contribution in [3.8, 4) is 5.75 Å². The van der Waals surface area contributed by atoms with Crippen LogP contribution in [0.2, 0.25) is 0 Å². The summed E-state index contributed by atoms with van der Waals surface area (Å²) in [5.41, 5.74) is 0.555. The van der Waals surface area contributed by atoms with Gasteiger partial charge in [0.1, 0.15) is 11.6 Å². The third-order valence-electron chi connectivity index (χ3n) is 3.41. The summed E-state index contributed by atoms with van der Waals surface area (Å²) in [5, 5.41) is 12.9. The number of nitrogens with one attached hydrogen (secondary N) is 1. The average Bonchev–Trinajstić information content (AvgIpc) is 2.56. The molecule has 0 fully saturated rings. The van der Waals surface area contributed by atoms with Crippen LogP contribution < -0.4 is 10.1 Å². The topological polar surface area (TPSA) is 58.6 Å². The number of para-hydroxylation sites is 1. The Labute approximate surface area is 134 Å². The maximum Gasteiger partial charge on any atom is 0.223 e. The summed E-state index contributed by atoms with van der Waals surface area (Å²) < 4.78 is 18.3. The second-order valence-electron chi connectivity index (χ2n) is 5.26. The smallest absolute Gasteiger partial charge is 0.223 e. The molecule has 0 bridgehead atoms. The minimum Gasteiger partial charge on any atom is -0.493 e. The van der Waals surface area contributed by atoms with E-state index in [-0.39, 0.29) is 24.8 Å². The highest BCUT2D eigenvalue weighted by atomic mass is 19.1. The van der Waals surface area contributed by atoms with E-state index in [1.54, 1.807) is 6.92 Å². The molecule has 0 aromatic heterocycles. The number of aliphatic hydroxyl groups is 1. The van der Waals surface area contributed by atoms with Crippen LogP contribution in [0.3, 0.4) is 0 Å². The number of carbonyl (C=O) groups excluding carboxylic acids is 1. The summed E-state index contributed by atoms with van der Waals surface area (Å²) >= 11 is 0. The molecule has 0 unspecified atom stereocenters. The van der Waals surface area contributed by atoms with Gasteiger partial charge in [-0.15, -0.1) is 0 Å². The van der Waals surface area contributed by atoms with Crippen LogP contribution in [0.15, 0.2) is 54.6 Å². The molecule has 0 aliphatic rings.